The number of anilines is 1. The Morgan fingerprint density at radius 2 is 2.10 bits per heavy atom. The maximum atomic E-state index is 13.2. The molecule has 0 aliphatic carbocycles. The van der Waals surface area contributed by atoms with E-state index in [1.165, 1.54) is 12.1 Å². The molecule has 0 unspecified atom stereocenters. The molecule has 0 fully saturated rings. The van der Waals surface area contributed by atoms with E-state index in [0.29, 0.717) is 5.69 Å². The van der Waals surface area contributed by atoms with Crippen LogP contribution in [-0.2, 0) is 4.79 Å². The van der Waals surface area contributed by atoms with Crippen molar-refractivity contribution in [3.8, 4) is 5.75 Å². The Balaban J connectivity index is 1.90. The third kappa shape index (κ3) is 4.21. The standard InChI is InChI=1S/C14H10BrClFNO2/c15-9-2-1-3-10(6-9)18-14(19)8-20-11-4-5-12(16)13(17)7-11/h1-7H,8H2,(H,18,19). The molecule has 0 radical (unpaired) electrons. The largest absolute Gasteiger partial charge is 0.484 e. The summed E-state index contributed by atoms with van der Waals surface area (Å²) >= 11 is 8.86. The van der Waals surface area contributed by atoms with Gasteiger partial charge in [-0.25, -0.2) is 4.39 Å². The Morgan fingerprint density at radius 3 is 2.80 bits per heavy atom. The Kier molecular flexibility index (Phi) is 4.98. The van der Waals surface area contributed by atoms with E-state index < -0.39 is 5.82 Å². The van der Waals surface area contributed by atoms with Crippen LogP contribution < -0.4 is 10.1 Å². The Hall–Kier alpha value is -1.59. The molecule has 2 aromatic carbocycles. The van der Waals surface area contributed by atoms with Crippen LogP contribution in [0, 0.1) is 5.82 Å². The van der Waals surface area contributed by atoms with Gasteiger partial charge < -0.3 is 10.1 Å². The van der Waals surface area contributed by atoms with Crippen LogP contribution in [0.2, 0.25) is 5.02 Å². The molecule has 0 saturated heterocycles. The molecule has 0 aliphatic heterocycles. The highest BCUT2D eigenvalue weighted by atomic mass is 79.9. The van der Waals surface area contributed by atoms with Crippen LogP contribution in [-0.4, -0.2) is 12.5 Å². The fraction of sp³-hybridized carbons (Fsp3) is 0.0714. The van der Waals surface area contributed by atoms with Crippen LogP contribution in [0.25, 0.3) is 0 Å². The van der Waals surface area contributed by atoms with Gasteiger partial charge in [-0.2, -0.15) is 0 Å². The van der Waals surface area contributed by atoms with Crippen LogP contribution in [0.1, 0.15) is 0 Å². The van der Waals surface area contributed by atoms with E-state index in [1.807, 2.05) is 6.07 Å². The molecule has 0 aliphatic rings. The highest BCUT2D eigenvalue weighted by Crippen LogP contribution is 2.20. The first-order valence-electron chi connectivity index (χ1n) is 5.68. The minimum atomic E-state index is -0.587. The van der Waals surface area contributed by atoms with Gasteiger partial charge >= 0.3 is 0 Å². The van der Waals surface area contributed by atoms with Gasteiger partial charge in [0.1, 0.15) is 11.6 Å². The van der Waals surface area contributed by atoms with Gasteiger partial charge in [-0.05, 0) is 30.3 Å². The highest BCUT2D eigenvalue weighted by molar-refractivity contribution is 9.10. The molecule has 2 rings (SSSR count). The van der Waals surface area contributed by atoms with E-state index >= 15 is 0 Å². The molecule has 0 spiro atoms. The smallest absolute Gasteiger partial charge is 0.262 e. The average molecular weight is 359 g/mol. The quantitative estimate of drug-likeness (QED) is 0.887. The first-order valence-corrected chi connectivity index (χ1v) is 6.85. The van der Waals surface area contributed by atoms with Crippen molar-refractivity contribution in [2.24, 2.45) is 0 Å². The van der Waals surface area contributed by atoms with E-state index in [1.54, 1.807) is 18.2 Å². The summed E-state index contributed by atoms with van der Waals surface area (Å²) in [7, 11) is 0. The number of halogens is 3. The molecule has 2 aromatic rings. The number of nitrogens with one attached hydrogen (secondary N) is 1. The molecule has 3 nitrogen and oxygen atoms in total. The van der Waals surface area contributed by atoms with Crippen molar-refractivity contribution in [1.82, 2.24) is 0 Å². The molecular formula is C14H10BrClFNO2. The molecule has 0 saturated carbocycles. The lowest BCUT2D eigenvalue weighted by atomic mass is 10.3. The molecule has 20 heavy (non-hydrogen) atoms. The van der Waals surface area contributed by atoms with Crippen LogP contribution in [0.3, 0.4) is 0 Å². The maximum Gasteiger partial charge on any atom is 0.262 e. The van der Waals surface area contributed by atoms with Crippen molar-refractivity contribution in [3.63, 3.8) is 0 Å². The molecular weight excluding hydrogens is 349 g/mol. The second-order valence-corrected chi connectivity index (χ2v) is 5.25. The number of benzene rings is 2. The molecule has 1 amide bonds. The summed E-state index contributed by atoms with van der Waals surface area (Å²) in [6.07, 6.45) is 0. The van der Waals surface area contributed by atoms with Gasteiger partial charge in [0.25, 0.3) is 5.91 Å². The van der Waals surface area contributed by atoms with E-state index in [2.05, 4.69) is 21.2 Å². The van der Waals surface area contributed by atoms with Crippen LogP contribution in [0.15, 0.2) is 46.9 Å². The lowest BCUT2D eigenvalue weighted by Gasteiger charge is -2.08. The third-order valence-corrected chi connectivity index (χ3v) is 3.17. The van der Waals surface area contributed by atoms with Gasteiger partial charge in [0, 0.05) is 16.2 Å². The van der Waals surface area contributed by atoms with Gasteiger partial charge in [0.15, 0.2) is 6.61 Å². The molecule has 0 aromatic heterocycles. The second-order valence-electron chi connectivity index (χ2n) is 3.92. The first-order chi connectivity index (χ1) is 9.54. The Morgan fingerprint density at radius 1 is 1.30 bits per heavy atom. The Labute approximate surface area is 128 Å². The fourth-order valence-corrected chi connectivity index (χ4v) is 2.00. The van der Waals surface area contributed by atoms with Crippen molar-refractivity contribution >= 4 is 39.1 Å². The van der Waals surface area contributed by atoms with Gasteiger partial charge in [0.05, 0.1) is 5.02 Å². The summed E-state index contributed by atoms with van der Waals surface area (Å²) < 4.78 is 19.2. The molecule has 1 N–H and O–H groups in total. The minimum Gasteiger partial charge on any atom is -0.484 e. The summed E-state index contributed by atoms with van der Waals surface area (Å²) in [5, 5.41) is 2.68. The highest BCUT2D eigenvalue weighted by Gasteiger charge is 2.06. The zero-order valence-corrected chi connectivity index (χ0v) is 12.5. The summed E-state index contributed by atoms with van der Waals surface area (Å²) in [5.41, 5.74) is 0.648. The van der Waals surface area contributed by atoms with E-state index in [9.17, 15) is 9.18 Å². The number of hydrogen-bond donors (Lipinski definition) is 1. The van der Waals surface area contributed by atoms with Gasteiger partial charge in [-0.15, -0.1) is 0 Å². The molecule has 0 heterocycles. The number of amides is 1. The first kappa shape index (κ1) is 14.8. The molecule has 104 valence electrons. The van der Waals surface area contributed by atoms with Gasteiger partial charge in [0.2, 0.25) is 0 Å². The van der Waals surface area contributed by atoms with Crippen molar-refractivity contribution in [2.75, 3.05) is 11.9 Å². The van der Waals surface area contributed by atoms with E-state index in [4.69, 9.17) is 16.3 Å². The van der Waals surface area contributed by atoms with Crippen molar-refractivity contribution in [1.29, 1.82) is 0 Å². The predicted octanol–water partition coefficient (Wildman–Crippen LogP) is 4.26. The zero-order chi connectivity index (χ0) is 14.5. The number of ether oxygens (including phenoxy) is 1. The SMILES string of the molecule is O=C(COc1ccc(Cl)c(F)c1)Nc1cccc(Br)c1. The average Bonchev–Trinajstić information content (AvgIpc) is 2.40. The minimum absolute atomic E-state index is 0.0101. The topological polar surface area (TPSA) is 38.3 Å². The van der Waals surface area contributed by atoms with Crippen molar-refractivity contribution in [3.05, 3.63) is 57.8 Å². The van der Waals surface area contributed by atoms with Crippen molar-refractivity contribution in [2.45, 2.75) is 0 Å². The van der Waals surface area contributed by atoms with Crippen molar-refractivity contribution < 1.29 is 13.9 Å². The molecule has 6 heteroatoms. The summed E-state index contributed by atoms with van der Waals surface area (Å²) in [6.45, 7) is -0.215. The fourth-order valence-electron chi connectivity index (χ4n) is 1.48. The predicted molar refractivity (Wildman–Crippen MR) is 79.7 cm³/mol. The van der Waals surface area contributed by atoms with Crippen LogP contribution >= 0.6 is 27.5 Å². The Bertz CT molecular complexity index is 636. The third-order valence-electron chi connectivity index (χ3n) is 2.37. The summed E-state index contributed by atoms with van der Waals surface area (Å²) in [6, 6.07) is 11.2. The van der Waals surface area contributed by atoms with E-state index in [-0.39, 0.29) is 23.3 Å². The van der Waals surface area contributed by atoms with Gasteiger partial charge in [-0.1, -0.05) is 33.6 Å². The maximum absolute atomic E-state index is 13.2. The second kappa shape index (κ2) is 6.72. The summed E-state index contributed by atoms with van der Waals surface area (Å²) in [5.74, 6) is -0.675. The number of carbonyl (C=O) groups is 1. The van der Waals surface area contributed by atoms with Crippen LogP contribution in [0.4, 0.5) is 10.1 Å². The van der Waals surface area contributed by atoms with Gasteiger partial charge in [-0.3, -0.25) is 4.79 Å². The number of hydrogen-bond acceptors (Lipinski definition) is 2. The summed E-state index contributed by atoms with van der Waals surface area (Å²) in [4.78, 5) is 11.7. The number of carbonyl (C=O) groups excluding carboxylic acids is 1. The zero-order valence-electron chi connectivity index (χ0n) is 10.2. The number of rotatable bonds is 4. The molecule has 0 atom stereocenters. The normalized spacial score (nSPS) is 10.2. The lowest BCUT2D eigenvalue weighted by molar-refractivity contribution is -0.118. The molecule has 0 bridgehead atoms. The monoisotopic (exact) mass is 357 g/mol. The van der Waals surface area contributed by atoms with Crippen LogP contribution in [0.5, 0.6) is 5.75 Å². The lowest BCUT2D eigenvalue weighted by Crippen LogP contribution is -2.20. The van der Waals surface area contributed by atoms with E-state index in [0.717, 1.165) is 10.5 Å².